The topological polar surface area (TPSA) is 111 Å². The number of hydrogen-bond donors (Lipinski definition) is 1. The molecule has 0 atom stereocenters. The van der Waals surface area contributed by atoms with Gasteiger partial charge in [0.05, 0.1) is 11.2 Å². The molecule has 0 saturated heterocycles. The third kappa shape index (κ3) is 2.08. The molecule has 1 N–H and O–H groups in total. The molecule has 1 aromatic carbocycles. The number of para-hydroxylation sites is 1. The highest BCUT2D eigenvalue weighted by Gasteiger charge is 2.19. The van der Waals surface area contributed by atoms with Crippen LogP contribution in [0.15, 0.2) is 43.0 Å². The third-order valence-corrected chi connectivity index (χ3v) is 2.99. The molecule has 104 valence electrons. The zero-order chi connectivity index (χ0) is 15.0. The Bertz CT molecular complexity index is 871. The summed E-state index contributed by atoms with van der Waals surface area (Å²) < 4.78 is 1.32. The normalized spacial score (nSPS) is 10.7. The van der Waals surface area contributed by atoms with Gasteiger partial charge in [0.1, 0.15) is 11.8 Å². The molecule has 21 heavy (non-hydrogen) atoms. The summed E-state index contributed by atoms with van der Waals surface area (Å²) >= 11 is 0. The first-order valence-corrected chi connectivity index (χ1v) is 5.87. The van der Waals surface area contributed by atoms with E-state index in [1.54, 1.807) is 24.3 Å². The molecule has 2 aromatic heterocycles. The average molecular weight is 284 g/mol. The Kier molecular flexibility index (Phi) is 2.83. The van der Waals surface area contributed by atoms with Gasteiger partial charge in [-0.2, -0.15) is 0 Å². The number of aromatic nitrogens is 3. The van der Waals surface area contributed by atoms with Crippen molar-refractivity contribution < 1.29 is 14.8 Å². The number of carbonyl (C=O) groups is 1. The Morgan fingerprint density at radius 1 is 1.29 bits per heavy atom. The monoisotopic (exact) mass is 284 g/mol. The van der Waals surface area contributed by atoms with Crippen LogP contribution in [-0.2, 0) is 0 Å². The van der Waals surface area contributed by atoms with E-state index in [4.69, 9.17) is 0 Å². The van der Waals surface area contributed by atoms with Crippen molar-refractivity contribution in [2.24, 2.45) is 0 Å². The zero-order valence-electron chi connectivity index (χ0n) is 10.5. The Hall–Kier alpha value is -3.29. The molecule has 0 aliphatic carbocycles. The lowest BCUT2D eigenvalue weighted by molar-refractivity contribution is -0.389. The van der Waals surface area contributed by atoms with E-state index < -0.39 is 10.9 Å². The number of fused-ring (bicyclic) bond motifs is 1. The molecule has 0 amide bonds. The van der Waals surface area contributed by atoms with Crippen LogP contribution in [-0.4, -0.2) is 30.5 Å². The molecular formula is C13H8N4O4. The highest BCUT2D eigenvalue weighted by molar-refractivity contribution is 6.00. The van der Waals surface area contributed by atoms with E-state index >= 15 is 0 Å². The summed E-state index contributed by atoms with van der Waals surface area (Å²) in [7, 11) is 0. The zero-order valence-corrected chi connectivity index (χ0v) is 10.5. The van der Waals surface area contributed by atoms with Crippen molar-refractivity contribution in [1.82, 2.24) is 14.5 Å². The van der Waals surface area contributed by atoms with Gasteiger partial charge >= 0.3 is 11.8 Å². The molecule has 0 fully saturated rings. The summed E-state index contributed by atoms with van der Waals surface area (Å²) in [6.45, 7) is 0. The number of aromatic carboxylic acids is 1. The quantitative estimate of drug-likeness (QED) is 0.581. The average Bonchev–Trinajstić information content (AvgIpc) is 2.95. The molecule has 0 aliphatic heterocycles. The Labute approximate surface area is 117 Å². The maximum Gasteiger partial charge on any atom is 0.381 e. The number of imidazole rings is 1. The van der Waals surface area contributed by atoms with Crippen molar-refractivity contribution in [2.45, 2.75) is 0 Å². The largest absolute Gasteiger partial charge is 0.478 e. The van der Waals surface area contributed by atoms with E-state index in [9.17, 15) is 20.0 Å². The van der Waals surface area contributed by atoms with Gasteiger partial charge in [0, 0.05) is 11.6 Å². The number of carboxylic acid groups (broad SMARTS) is 1. The van der Waals surface area contributed by atoms with Gasteiger partial charge in [0.2, 0.25) is 6.33 Å². The minimum Gasteiger partial charge on any atom is -0.478 e. The van der Waals surface area contributed by atoms with Crippen molar-refractivity contribution in [1.29, 1.82) is 0 Å². The van der Waals surface area contributed by atoms with Crippen LogP contribution < -0.4 is 0 Å². The molecule has 8 heteroatoms. The molecule has 0 bridgehead atoms. The molecule has 0 aliphatic rings. The van der Waals surface area contributed by atoms with E-state index in [0.29, 0.717) is 16.6 Å². The molecule has 0 spiro atoms. The molecule has 0 unspecified atom stereocenters. The third-order valence-electron chi connectivity index (χ3n) is 2.99. The standard InChI is InChI=1S/C13H8N4O4/c18-13(19)9-5-14-10-4-2-1-3-8(10)12(9)16-6-11(15-7-16)17(20)21/h1-7H,(H,18,19). The highest BCUT2D eigenvalue weighted by Crippen LogP contribution is 2.25. The molecule has 0 radical (unpaired) electrons. The lowest BCUT2D eigenvalue weighted by Gasteiger charge is -2.09. The lowest BCUT2D eigenvalue weighted by atomic mass is 10.1. The van der Waals surface area contributed by atoms with Crippen molar-refractivity contribution in [2.75, 3.05) is 0 Å². The van der Waals surface area contributed by atoms with Gasteiger partial charge < -0.3 is 15.2 Å². The summed E-state index contributed by atoms with van der Waals surface area (Å²) in [5.74, 6) is -1.52. The van der Waals surface area contributed by atoms with Crippen molar-refractivity contribution >= 4 is 22.7 Å². The van der Waals surface area contributed by atoms with E-state index in [2.05, 4.69) is 9.97 Å². The number of rotatable bonds is 3. The maximum absolute atomic E-state index is 11.4. The van der Waals surface area contributed by atoms with Crippen LogP contribution in [0.25, 0.3) is 16.6 Å². The number of carboxylic acids is 1. The van der Waals surface area contributed by atoms with Crippen molar-refractivity contribution in [3.8, 4) is 5.69 Å². The maximum atomic E-state index is 11.4. The van der Waals surface area contributed by atoms with Gasteiger partial charge in [-0.3, -0.25) is 9.55 Å². The lowest BCUT2D eigenvalue weighted by Crippen LogP contribution is -2.06. The first kappa shape index (κ1) is 12.7. The van der Waals surface area contributed by atoms with Gasteiger partial charge in [-0.15, -0.1) is 0 Å². The van der Waals surface area contributed by atoms with Crippen LogP contribution in [0, 0.1) is 10.1 Å². The molecular weight excluding hydrogens is 276 g/mol. The minimum atomic E-state index is -1.17. The van der Waals surface area contributed by atoms with Gasteiger partial charge in [-0.05, 0) is 16.0 Å². The van der Waals surface area contributed by atoms with Crippen molar-refractivity contribution in [3.05, 3.63) is 58.7 Å². The fourth-order valence-electron chi connectivity index (χ4n) is 2.09. The van der Waals surface area contributed by atoms with Crippen LogP contribution in [0.1, 0.15) is 10.4 Å². The minimum absolute atomic E-state index is 0.0546. The summed E-state index contributed by atoms with van der Waals surface area (Å²) in [4.78, 5) is 29.2. The van der Waals surface area contributed by atoms with E-state index in [1.807, 2.05) is 0 Å². The molecule has 3 aromatic rings. The molecule has 0 saturated carbocycles. The summed E-state index contributed by atoms with van der Waals surface area (Å²) in [6.07, 6.45) is 3.62. The van der Waals surface area contributed by atoms with Gasteiger partial charge in [-0.25, -0.2) is 4.79 Å². The second-order valence-electron chi connectivity index (χ2n) is 4.24. The van der Waals surface area contributed by atoms with Gasteiger partial charge in [-0.1, -0.05) is 18.2 Å². The van der Waals surface area contributed by atoms with Gasteiger partial charge in [0.15, 0.2) is 0 Å². The van der Waals surface area contributed by atoms with E-state index in [1.165, 1.54) is 23.3 Å². The number of nitrogens with zero attached hydrogens (tertiary/aromatic N) is 4. The smallest absolute Gasteiger partial charge is 0.381 e. The van der Waals surface area contributed by atoms with Gasteiger partial charge in [0.25, 0.3) is 0 Å². The number of pyridine rings is 1. The Morgan fingerprint density at radius 3 is 2.71 bits per heavy atom. The van der Waals surface area contributed by atoms with Crippen LogP contribution >= 0.6 is 0 Å². The van der Waals surface area contributed by atoms with Crippen LogP contribution in [0.2, 0.25) is 0 Å². The van der Waals surface area contributed by atoms with Crippen LogP contribution in [0.4, 0.5) is 5.82 Å². The van der Waals surface area contributed by atoms with Crippen LogP contribution in [0.5, 0.6) is 0 Å². The second kappa shape index (κ2) is 4.67. The SMILES string of the molecule is O=C(O)c1cnc2ccccc2c1-n1cnc([N+](=O)[O-])c1. The fourth-order valence-corrected chi connectivity index (χ4v) is 2.09. The molecule has 3 rings (SSSR count). The number of benzene rings is 1. The number of hydrogen-bond acceptors (Lipinski definition) is 5. The van der Waals surface area contributed by atoms with E-state index in [-0.39, 0.29) is 11.4 Å². The summed E-state index contributed by atoms with van der Waals surface area (Å²) in [5.41, 5.74) is 0.837. The molecule has 8 nitrogen and oxygen atoms in total. The Balaban J connectivity index is 2.34. The Morgan fingerprint density at radius 2 is 2.05 bits per heavy atom. The number of nitro groups is 1. The fraction of sp³-hybridized carbons (Fsp3) is 0. The highest BCUT2D eigenvalue weighted by atomic mass is 16.6. The van der Waals surface area contributed by atoms with Crippen molar-refractivity contribution in [3.63, 3.8) is 0 Å². The van der Waals surface area contributed by atoms with Crippen LogP contribution in [0.3, 0.4) is 0 Å². The molecule has 2 heterocycles. The predicted octanol–water partition coefficient (Wildman–Crippen LogP) is 2.03. The summed E-state index contributed by atoms with van der Waals surface area (Å²) in [6, 6.07) is 6.95. The first-order valence-electron chi connectivity index (χ1n) is 5.87. The summed E-state index contributed by atoms with van der Waals surface area (Å²) in [5, 5.41) is 20.6. The first-order chi connectivity index (χ1) is 10.1. The second-order valence-corrected chi connectivity index (χ2v) is 4.24. The predicted molar refractivity (Wildman–Crippen MR) is 72.5 cm³/mol. The van der Waals surface area contributed by atoms with E-state index in [0.717, 1.165) is 0 Å².